The zero-order valence-electron chi connectivity index (χ0n) is 13.1. The maximum Gasteiger partial charge on any atom is 3.00 e. The maximum atomic E-state index is 2.40. The largest absolute Gasteiger partial charge is 3.00 e. The van der Waals surface area contributed by atoms with Gasteiger partial charge in [0.15, 0.2) is 0 Å². The molecule has 1 radical (unpaired) electrons. The van der Waals surface area contributed by atoms with Crippen LogP contribution in [0.3, 0.4) is 0 Å². The van der Waals surface area contributed by atoms with E-state index < -0.39 is 0 Å². The monoisotopic (exact) mass is 399 g/mol. The summed E-state index contributed by atoms with van der Waals surface area (Å²) in [5.41, 5.74) is 6.02. The van der Waals surface area contributed by atoms with Crippen LogP contribution in [0.5, 0.6) is 0 Å². The van der Waals surface area contributed by atoms with Crippen LogP contribution in [0.2, 0.25) is 0 Å². The molecule has 1 aliphatic carbocycles. The van der Waals surface area contributed by atoms with E-state index in [1.165, 1.54) is 54.2 Å². The standard InChI is InChI=1S/C18H23.2ClH.Zr/c1-12-9-10-16(15-7-5-4-6-8-15)18-14(3)13(2)11-17(12)18;;;/h9-11,15H,4-8H2,1-3H3;2*1H;/q-1;;;+3/p-2. The van der Waals surface area contributed by atoms with Gasteiger partial charge in [0.25, 0.3) is 0 Å². The normalized spacial score (nSPS) is 15.0. The van der Waals surface area contributed by atoms with E-state index in [0.29, 0.717) is 0 Å². The molecule has 0 N–H and O–H groups in total. The van der Waals surface area contributed by atoms with E-state index in [0.717, 1.165) is 5.92 Å². The Bertz CT molecular complexity index is 580. The Balaban J connectivity index is 0.00000133. The molecule has 1 aliphatic rings. The van der Waals surface area contributed by atoms with Gasteiger partial charge < -0.3 is 24.8 Å². The summed E-state index contributed by atoms with van der Waals surface area (Å²) in [6.07, 6.45) is 7.05. The summed E-state index contributed by atoms with van der Waals surface area (Å²) in [6, 6.07) is 7.11. The van der Waals surface area contributed by atoms with Crippen molar-refractivity contribution in [3.05, 3.63) is 40.5 Å². The minimum absolute atomic E-state index is 0. The van der Waals surface area contributed by atoms with Gasteiger partial charge in [-0.3, -0.25) is 0 Å². The van der Waals surface area contributed by atoms with E-state index in [-0.39, 0.29) is 51.0 Å². The molecule has 0 saturated heterocycles. The fourth-order valence-electron chi connectivity index (χ4n) is 3.62. The van der Waals surface area contributed by atoms with Crippen molar-refractivity contribution in [2.75, 3.05) is 0 Å². The van der Waals surface area contributed by atoms with Crippen molar-refractivity contribution in [3.8, 4) is 0 Å². The van der Waals surface area contributed by atoms with Crippen molar-refractivity contribution < 1.29 is 51.0 Å². The summed E-state index contributed by atoms with van der Waals surface area (Å²) in [5.74, 6) is 0.808. The quantitative estimate of drug-likeness (QED) is 0.568. The number of fused-ring (bicyclic) bond motifs is 1. The molecule has 0 amide bonds. The second-order valence-electron chi connectivity index (χ2n) is 6.05. The zero-order valence-corrected chi connectivity index (χ0v) is 17.1. The molecule has 2 aromatic carbocycles. The van der Waals surface area contributed by atoms with Crippen LogP contribution in [0, 0.1) is 20.8 Å². The summed E-state index contributed by atoms with van der Waals surface area (Å²) < 4.78 is 0. The SMILES string of the molecule is Cc1[cH-]c2c(C)ccc(C3CCCCC3)c2c1C.[Cl-].[Cl-].[Zr+3]. The Labute approximate surface area is 160 Å². The molecule has 0 unspecified atom stereocenters. The summed E-state index contributed by atoms with van der Waals surface area (Å²) in [5, 5.41) is 3.06. The van der Waals surface area contributed by atoms with Crippen molar-refractivity contribution in [2.24, 2.45) is 0 Å². The summed E-state index contributed by atoms with van der Waals surface area (Å²) in [7, 11) is 0. The second-order valence-corrected chi connectivity index (χ2v) is 6.05. The minimum atomic E-state index is 0. The third-order valence-corrected chi connectivity index (χ3v) is 4.87. The van der Waals surface area contributed by atoms with Crippen LogP contribution < -0.4 is 24.8 Å². The van der Waals surface area contributed by atoms with Gasteiger partial charge in [0.1, 0.15) is 0 Å². The Hall–Kier alpha value is 0.293. The smallest absolute Gasteiger partial charge is 1.00 e. The summed E-state index contributed by atoms with van der Waals surface area (Å²) in [4.78, 5) is 0. The topological polar surface area (TPSA) is 0 Å². The van der Waals surface area contributed by atoms with Crippen molar-refractivity contribution in [3.63, 3.8) is 0 Å². The fourth-order valence-corrected chi connectivity index (χ4v) is 3.62. The minimum Gasteiger partial charge on any atom is -1.00 e. The van der Waals surface area contributed by atoms with Gasteiger partial charge in [-0.25, -0.2) is 0 Å². The summed E-state index contributed by atoms with van der Waals surface area (Å²) >= 11 is 0. The van der Waals surface area contributed by atoms with Gasteiger partial charge in [0.05, 0.1) is 0 Å². The molecule has 113 valence electrons. The van der Waals surface area contributed by atoms with E-state index in [1.807, 2.05) is 0 Å². The van der Waals surface area contributed by atoms with Crippen LogP contribution in [0.15, 0.2) is 18.2 Å². The number of aryl methyl sites for hydroxylation is 3. The van der Waals surface area contributed by atoms with Crippen LogP contribution in [0.25, 0.3) is 10.8 Å². The van der Waals surface area contributed by atoms with Gasteiger partial charge in [-0.15, -0.1) is 34.0 Å². The predicted molar refractivity (Wildman–Crippen MR) is 79.6 cm³/mol. The molecular formula is C18H23Cl2Zr. The Kier molecular flexibility index (Phi) is 8.93. The van der Waals surface area contributed by atoms with Crippen LogP contribution in [-0.4, -0.2) is 0 Å². The Morgan fingerprint density at radius 2 is 1.57 bits per heavy atom. The van der Waals surface area contributed by atoms with Crippen LogP contribution >= 0.6 is 0 Å². The number of halogens is 2. The molecule has 0 aliphatic heterocycles. The Morgan fingerprint density at radius 3 is 2.19 bits per heavy atom. The zero-order chi connectivity index (χ0) is 12.7. The number of hydrogen-bond donors (Lipinski definition) is 0. The van der Waals surface area contributed by atoms with Crippen LogP contribution in [-0.2, 0) is 26.2 Å². The second kappa shape index (κ2) is 8.80. The third kappa shape index (κ3) is 3.98. The first kappa shape index (κ1) is 21.3. The predicted octanol–water partition coefficient (Wildman–Crippen LogP) is -0.463. The first-order valence-electron chi connectivity index (χ1n) is 7.34. The van der Waals surface area contributed by atoms with Gasteiger partial charge in [-0.05, 0) is 18.8 Å². The number of hydrogen-bond acceptors (Lipinski definition) is 0. The van der Waals surface area contributed by atoms with Crippen molar-refractivity contribution >= 4 is 10.8 Å². The fraction of sp³-hybridized carbons (Fsp3) is 0.500. The van der Waals surface area contributed by atoms with E-state index in [1.54, 1.807) is 10.9 Å². The van der Waals surface area contributed by atoms with Crippen molar-refractivity contribution in [1.82, 2.24) is 0 Å². The van der Waals surface area contributed by atoms with E-state index in [4.69, 9.17) is 0 Å². The molecule has 1 fully saturated rings. The average molecular weight is 402 g/mol. The number of rotatable bonds is 1. The first-order valence-corrected chi connectivity index (χ1v) is 7.34. The van der Waals surface area contributed by atoms with E-state index in [2.05, 4.69) is 39.0 Å². The maximum absolute atomic E-state index is 2.40. The van der Waals surface area contributed by atoms with Crippen LogP contribution in [0.1, 0.15) is 60.3 Å². The molecule has 0 aromatic heterocycles. The van der Waals surface area contributed by atoms with Gasteiger partial charge in [0, 0.05) is 0 Å². The molecule has 21 heavy (non-hydrogen) atoms. The molecule has 0 bridgehead atoms. The molecular weight excluding hydrogens is 378 g/mol. The molecule has 0 atom stereocenters. The van der Waals surface area contributed by atoms with Gasteiger partial charge in [-0.1, -0.05) is 51.7 Å². The van der Waals surface area contributed by atoms with E-state index >= 15 is 0 Å². The Morgan fingerprint density at radius 1 is 0.952 bits per heavy atom. The average Bonchev–Trinajstić information content (AvgIpc) is 2.69. The molecule has 0 spiro atoms. The van der Waals surface area contributed by atoms with Gasteiger partial charge in [0.2, 0.25) is 0 Å². The van der Waals surface area contributed by atoms with E-state index in [9.17, 15) is 0 Å². The van der Waals surface area contributed by atoms with Gasteiger partial charge in [-0.2, -0.15) is 5.56 Å². The molecule has 3 rings (SSSR count). The summed E-state index contributed by atoms with van der Waals surface area (Å²) in [6.45, 7) is 6.79. The number of benzene rings is 1. The first-order chi connectivity index (χ1) is 8.68. The van der Waals surface area contributed by atoms with Crippen molar-refractivity contribution in [1.29, 1.82) is 0 Å². The molecule has 0 nitrogen and oxygen atoms in total. The van der Waals surface area contributed by atoms with Crippen LogP contribution in [0.4, 0.5) is 0 Å². The molecule has 2 aromatic rings. The van der Waals surface area contributed by atoms with Gasteiger partial charge >= 0.3 is 26.2 Å². The molecule has 3 heteroatoms. The molecule has 1 saturated carbocycles. The van der Waals surface area contributed by atoms with Crippen molar-refractivity contribution in [2.45, 2.75) is 58.8 Å². The third-order valence-electron chi connectivity index (χ3n) is 4.87. The molecule has 0 heterocycles.